The minimum atomic E-state index is -3.54. The van der Waals surface area contributed by atoms with E-state index in [1.54, 1.807) is 42.5 Å². The summed E-state index contributed by atoms with van der Waals surface area (Å²) in [5, 5.41) is 5.76. The van der Waals surface area contributed by atoms with Crippen LogP contribution in [0.15, 0.2) is 102 Å². The predicted octanol–water partition coefficient (Wildman–Crippen LogP) is 6.22. The molecule has 4 aromatic carbocycles. The molecule has 39 heavy (non-hydrogen) atoms. The number of hydrogen-bond acceptors (Lipinski definition) is 4. The highest BCUT2D eigenvalue weighted by Crippen LogP contribution is 2.30. The number of benzene rings is 4. The zero-order valence-electron chi connectivity index (χ0n) is 20.9. The van der Waals surface area contributed by atoms with Crippen LogP contribution in [0, 0.1) is 5.82 Å². The number of urea groups is 1. The first-order valence-electron chi connectivity index (χ1n) is 11.8. The van der Waals surface area contributed by atoms with Crippen molar-refractivity contribution in [2.24, 2.45) is 0 Å². The van der Waals surface area contributed by atoms with E-state index < -0.39 is 27.6 Å². The number of halogens is 2. The highest BCUT2D eigenvalue weighted by Gasteiger charge is 2.20. The van der Waals surface area contributed by atoms with Gasteiger partial charge in [-0.05, 0) is 53.6 Å². The molecule has 0 bridgehead atoms. The summed E-state index contributed by atoms with van der Waals surface area (Å²) in [5.74, 6) is -1.36. The summed E-state index contributed by atoms with van der Waals surface area (Å²) >= 11 is 5.92. The zero-order valence-corrected chi connectivity index (χ0v) is 22.5. The van der Waals surface area contributed by atoms with Crippen LogP contribution in [-0.2, 0) is 21.2 Å². The Labute approximate surface area is 231 Å². The number of hydrogen-bond donors (Lipinski definition) is 2. The molecule has 0 spiro atoms. The predicted molar refractivity (Wildman–Crippen MR) is 151 cm³/mol. The Kier molecular flexibility index (Phi) is 8.63. The molecule has 0 aliphatic carbocycles. The van der Waals surface area contributed by atoms with Crippen LogP contribution in [-0.4, -0.2) is 38.1 Å². The Morgan fingerprint density at radius 2 is 1.54 bits per heavy atom. The van der Waals surface area contributed by atoms with Gasteiger partial charge in [0.1, 0.15) is 12.4 Å². The molecule has 7 nitrogen and oxygen atoms in total. The largest absolute Gasteiger partial charge is 0.322 e. The molecule has 0 aliphatic rings. The van der Waals surface area contributed by atoms with Crippen LogP contribution < -0.4 is 10.6 Å². The van der Waals surface area contributed by atoms with Crippen molar-refractivity contribution < 1.29 is 22.4 Å². The van der Waals surface area contributed by atoms with Crippen LogP contribution in [0.2, 0.25) is 5.02 Å². The first-order chi connectivity index (χ1) is 18.6. The monoisotopic (exact) mass is 565 g/mol. The molecule has 2 N–H and O–H groups in total. The molecule has 0 saturated heterocycles. The number of anilines is 2. The molecule has 0 saturated carbocycles. The third kappa shape index (κ3) is 7.43. The average molecular weight is 566 g/mol. The van der Waals surface area contributed by atoms with Gasteiger partial charge in [0.2, 0.25) is 5.91 Å². The van der Waals surface area contributed by atoms with E-state index in [1.165, 1.54) is 23.1 Å². The summed E-state index contributed by atoms with van der Waals surface area (Å²) in [6, 6.07) is 25.5. The second-order valence-corrected chi connectivity index (χ2v) is 11.2. The second-order valence-electron chi connectivity index (χ2n) is 8.79. The van der Waals surface area contributed by atoms with Crippen molar-refractivity contribution in [1.82, 2.24) is 4.90 Å². The molecule has 0 aliphatic heterocycles. The van der Waals surface area contributed by atoms with E-state index in [4.69, 9.17) is 11.6 Å². The minimum absolute atomic E-state index is 0.0736. The van der Waals surface area contributed by atoms with Crippen molar-refractivity contribution in [3.8, 4) is 11.1 Å². The molecule has 3 amide bonds. The van der Waals surface area contributed by atoms with Gasteiger partial charge in [0.25, 0.3) is 0 Å². The Bertz CT molecular complexity index is 1600. The van der Waals surface area contributed by atoms with Crippen molar-refractivity contribution in [1.29, 1.82) is 0 Å². The smallest absolute Gasteiger partial charge is 0.322 e. The molecule has 0 unspecified atom stereocenters. The molecule has 0 aromatic heterocycles. The molecular weight excluding hydrogens is 541 g/mol. The number of nitrogens with zero attached hydrogens (tertiary/aromatic N) is 1. The van der Waals surface area contributed by atoms with Crippen LogP contribution in [0.3, 0.4) is 0 Å². The van der Waals surface area contributed by atoms with E-state index in [-0.39, 0.29) is 23.7 Å². The molecule has 0 atom stereocenters. The fourth-order valence-corrected chi connectivity index (χ4v) is 4.95. The molecular formula is C29H25ClFN3O4S. The van der Waals surface area contributed by atoms with Crippen LogP contribution in [0.5, 0.6) is 0 Å². The quantitative estimate of drug-likeness (QED) is 0.265. The standard InChI is InChI=1S/C29H25ClFN3O4S/c1-39(37,38)27-10-6-5-9-24(27)21-11-16-26(25(31)17-21)33-28(35)19-34(18-20-7-3-2-4-8-20)29(36)32-23-14-12-22(30)13-15-23/h2-17H,18-19H2,1H3,(H,32,36)(H,33,35). The van der Waals surface area contributed by atoms with Crippen molar-refractivity contribution in [3.05, 3.63) is 113 Å². The van der Waals surface area contributed by atoms with Gasteiger partial charge in [-0.2, -0.15) is 0 Å². The lowest BCUT2D eigenvalue weighted by atomic mass is 10.0. The molecule has 10 heteroatoms. The van der Waals surface area contributed by atoms with Gasteiger partial charge in [-0.3, -0.25) is 4.79 Å². The SMILES string of the molecule is CS(=O)(=O)c1ccccc1-c1ccc(NC(=O)CN(Cc2ccccc2)C(=O)Nc2ccc(Cl)cc2)c(F)c1. The van der Waals surface area contributed by atoms with Gasteiger partial charge < -0.3 is 15.5 Å². The summed E-state index contributed by atoms with van der Waals surface area (Å²) in [6.45, 7) is -0.218. The Morgan fingerprint density at radius 3 is 2.21 bits per heavy atom. The van der Waals surface area contributed by atoms with Crippen molar-refractivity contribution in [3.63, 3.8) is 0 Å². The summed E-state index contributed by atoms with van der Waals surface area (Å²) in [5.41, 5.74) is 1.90. The maximum atomic E-state index is 15.0. The number of rotatable bonds is 8. The van der Waals surface area contributed by atoms with E-state index in [9.17, 15) is 18.0 Å². The molecule has 0 fully saturated rings. The maximum Gasteiger partial charge on any atom is 0.322 e. The van der Waals surface area contributed by atoms with Gasteiger partial charge in [0.05, 0.1) is 10.6 Å². The Hall–Kier alpha value is -4.21. The highest BCUT2D eigenvalue weighted by molar-refractivity contribution is 7.90. The van der Waals surface area contributed by atoms with Crippen molar-refractivity contribution in [2.75, 3.05) is 23.4 Å². The lowest BCUT2D eigenvalue weighted by Gasteiger charge is -2.23. The van der Waals surface area contributed by atoms with Crippen LogP contribution in [0.25, 0.3) is 11.1 Å². The number of carbonyl (C=O) groups excluding carboxylic acids is 2. The zero-order chi connectivity index (χ0) is 28.0. The fourth-order valence-electron chi connectivity index (χ4n) is 3.91. The maximum absolute atomic E-state index is 15.0. The summed E-state index contributed by atoms with van der Waals surface area (Å²) in [6.07, 6.45) is 1.08. The lowest BCUT2D eigenvalue weighted by molar-refractivity contribution is -0.116. The van der Waals surface area contributed by atoms with Crippen LogP contribution in [0.4, 0.5) is 20.6 Å². The fraction of sp³-hybridized carbons (Fsp3) is 0.103. The third-order valence-electron chi connectivity index (χ3n) is 5.77. The number of amides is 3. The Balaban J connectivity index is 1.51. The molecule has 4 aromatic rings. The topological polar surface area (TPSA) is 95.6 Å². The van der Waals surface area contributed by atoms with E-state index in [0.29, 0.717) is 21.8 Å². The number of nitrogens with one attached hydrogen (secondary N) is 2. The average Bonchev–Trinajstić information content (AvgIpc) is 2.91. The van der Waals surface area contributed by atoms with E-state index in [1.807, 2.05) is 30.3 Å². The van der Waals surface area contributed by atoms with Gasteiger partial charge in [0, 0.05) is 29.1 Å². The van der Waals surface area contributed by atoms with Gasteiger partial charge in [-0.1, -0.05) is 66.2 Å². The summed E-state index contributed by atoms with van der Waals surface area (Å²) < 4.78 is 39.3. The second kappa shape index (κ2) is 12.1. The lowest BCUT2D eigenvalue weighted by Crippen LogP contribution is -2.40. The number of sulfone groups is 1. The van der Waals surface area contributed by atoms with Crippen LogP contribution >= 0.6 is 11.6 Å². The first-order valence-corrected chi connectivity index (χ1v) is 14.1. The molecule has 0 radical (unpaired) electrons. The van der Waals surface area contributed by atoms with E-state index in [2.05, 4.69) is 10.6 Å². The summed E-state index contributed by atoms with van der Waals surface area (Å²) in [7, 11) is -3.54. The van der Waals surface area contributed by atoms with Crippen LogP contribution in [0.1, 0.15) is 5.56 Å². The minimum Gasteiger partial charge on any atom is -0.322 e. The third-order valence-corrected chi connectivity index (χ3v) is 7.18. The highest BCUT2D eigenvalue weighted by atomic mass is 35.5. The number of carbonyl (C=O) groups is 2. The van der Waals surface area contributed by atoms with E-state index in [0.717, 1.165) is 17.9 Å². The molecule has 0 heterocycles. The normalized spacial score (nSPS) is 11.1. The first kappa shape index (κ1) is 27.8. The Morgan fingerprint density at radius 1 is 0.872 bits per heavy atom. The van der Waals surface area contributed by atoms with Gasteiger partial charge in [-0.25, -0.2) is 17.6 Å². The molecule has 200 valence electrons. The van der Waals surface area contributed by atoms with Gasteiger partial charge in [0.15, 0.2) is 9.84 Å². The van der Waals surface area contributed by atoms with Gasteiger partial charge >= 0.3 is 6.03 Å². The summed E-state index contributed by atoms with van der Waals surface area (Å²) in [4.78, 5) is 27.3. The van der Waals surface area contributed by atoms with Gasteiger partial charge in [-0.15, -0.1) is 0 Å². The molecule has 4 rings (SSSR count). The van der Waals surface area contributed by atoms with Crippen molar-refractivity contribution >= 4 is 44.8 Å². The van der Waals surface area contributed by atoms with E-state index >= 15 is 4.39 Å². The van der Waals surface area contributed by atoms with Crippen molar-refractivity contribution in [2.45, 2.75) is 11.4 Å².